The fourth-order valence-corrected chi connectivity index (χ4v) is 0.692. The number of benzene rings is 1. The lowest BCUT2D eigenvalue weighted by atomic mass is 10.2. The monoisotopic (exact) mass is 167 g/mol. The quantitative estimate of drug-likeness (QED) is 0.629. The van der Waals surface area contributed by atoms with Crippen LogP contribution in [0.3, 0.4) is 0 Å². The largest absolute Gasteiger partial charge is 0.478 e. The highest BCUT2D eigenvalue weighted by atomic mass is 16.4. The van der Waals surface area contributed by atoms with Crippen LogP contribution in [0, 0.1) is 0 Å². The van der Waals surface area contributed by atoms with Crippen molar-refractivity contribution in [1.82, 2.24) is 0 Å². The van der Waals surface area contributed by atoms with Crippen molar-refractivity contribution in [2.24, 2.45) is 0 Å². The molecule has 3 heteroatoms. The van der Waals surface area contributed by atoms with E-state index >= 15 is 0 Å². The number of hydrogen-bond donors (Lipinski definition) is 2. The van der Waals surface area contributed by atoms with Crippen LogP contribution in [0.1, 0.15) is 24.2 Å². The van der Waals surface area contributed by atoms with Gasteiger partial charge in [0.25, 0.3) is 0 Å². The maximum Gasteiger partial charge on any atom is 0.337 e. The molecule has 0 aliphatic carbocycles. The third-order valence-corrected chi connectivity index (χ3v) is 1.19. The fraction of sp³-hybridized carbons (Fsp3) is 0.222. The van der Waals surface area contributed by atoms with Gasteiger partial charge in [0, 0.05) is 5.69 Å². The second-order valence-corrected chi connectivity index (χ2v) is 1.89. The van der Waals surface area contributed by atoms with Gasteiger partial charge in [-0.3, -0.25) is 0 Å². The number of nitrogens with two attached hydrogens (primary N) is 1. The van der Waals surface area contributed by atoms with E-state index in [-0.39, 0.29) is 5.56 Å². The third-order valence-electron chi connectivity index (χ3n) is 1.19. The summed E-state index contributed by atoms with van der Waals surface area (Å²) in [5.41, 5.74) is 5.80. The van der Waals surface area contributed by atoms with Gasteiger partial charge >= 0.3 is 5.97 Å². The predicted molar refractivity (Wildman–Crippen MR) is 49.2 cm³/mol. The molecule has 1 aromatic carbocycles. The Balaban J connectivity index is 0.000000561. The zero-order valence-electron chi connectivity index (χ0n) is 7.24. The minimum atomic E-state index is -0.988. The molecule has 1 rings (SSSR count). The maximum absolute atomic E-state index is 10.3. The molecule has 0 aliphatic heterocycles. The normalized spacial score (nSPS) is 8.17. The molecule has 0 fully saturated rings. The van der Waals surface area contributed by atoms with Gasteiger partial charge in [0.2, 0.25) is 0 Å². The van der Waals surface area contributed by atoms with Gasteiger partial charge in [-0.2, -0.15) is 0 Å². The predicted octanol–water partition coefficient (Wildman–Crippen LogP) is 1.99. The molecule has 12 heavy (non-hydrogen) atoms. The number of nitrogen functional groups attached to an aromatic ring is 1. The highest BCUT2D eigenvalue weighted by Gasteiger charge is 2.03. The van der Waals surface area contributed by atoms with Crippen LogP contribution in [0.15, 0.2) is 24.3 Å². The first kappa shape index (κ1) is 10.5. The van der Waals surface area contributed by atoms with Crippen LogP contribution in [-0.2, 0) is 0 Å². The average Bonchev–Trinajstić information content (AvgIpc) is 2.08. The van der Waals surface area contributed by atoms with Crippen LogP contribution >= 0.6 is 0 Å². The highest BCUT2D eigenvalue weighted by molar-refractivity contribution is 5.93. The van der Waals surface area contributed by atoms with Gasteiger partial charge in [-0.1, -0.05) is 26.0 Å². The van der Waals surface area contributed by atoms with Gasteiger partial charge in [-0.15, -0.1) is 0 Å². The number of carbonyl (C=O) groups is 1. The Morgan fingerprint density at radius 3 is 2.17 bits per heavy atom. The zero-order valence-corrected chi connectivity index (χ0v) is 7.24. The Labute approximate surface area is 71.8 Å². The minimum Gasteiger partial charge on any atom is -0.478 e. The zero-order chi connectivity index (χ0) is 9.56. The van der Waals surface area contributed by atoms with Gasteiger partial charge in [-0.05, 0) is 12.1 Å². The number of rotatable bonds is 1. The fourth-order valence-electron chi connectivity index (χ4n) is 0.692. The Bertz CT molecular complexity index is 258. The van der Waals surface area contributed by atoms with E-state index in [4.69, 9.17) is 10.8 Å². The summed E-state index contributed by atoms with van der Waals surface area (Å²) in [7, 11) is 0. The van der Waals surface area contributed by atoms with Crippen LogP contribution in [-0.4, -0.2) is 11.1 Å². The van der Waals surface area contributed by atoms with Gasteiger partial charge in [0.1, 0.15) is 0 Å². The molecule has 0 spiro atoms. The van der Waals surface area contributed by atoms with Crippen molar-refractivity contribution in [3.8, 4) is 0 Å². The first-order valence-corrected chi connectivity index (χ1v) is 3.79. The summed E-state index contributed by atoms with van der Waals surface area (Å²) in [6, 6.07) is 6.36. The second kappa shape index (κ2) is 5.18. The highest BCUT2D eigenvalue weighted by Crippen LogP contribution is 2.08. The molecule has 0 unspecified atom stereocenters. The van der Waals surface area contributed by atoms with Crippen LogP contribution in [0.5, 0.6) is 0 Å². The molecule has 0 radical (unpaired) electrons. The van der Waals surface area contributed by atoms with E-state index in [1.807, 2.05) is 13.8 Å². The van der Waals surface area contributed by atoms with Crippen molar-refractivity contribution in [2.45, 2.75) is 13.8 Å². The number of aromatic carboxylic acids is 1. The molecule has 3 nitrogen and oxygen atoms in total. The van der Waals surface area contributed by atoms with Crippen molar-refractivity contribution < 1.29 is 9.90 Å². The van der Waals surface area contributed by atoms with E-state index in [1.165, 1.54) is 6.07 Å². The number of anilines is 1. The van der Waals surface area contributed by atoms with Crippen molar-refractivity contribution in [3.63, 3.8) is 0 Å². The van der Waals surface area contributed by atoms with Crippen molar-refractivity contribution in [2.75, 3.05) is 5.73 Å². The Hall–Kier alpha value is -1.51. The summed E-state index contributed by atoms with van der Waals surface area (Å²) in [5, 5.41) is 8.49. The van der Waals surface area contributed by atoms with Crippen molar-refractivity contribution in [3.05, 3.63) is 29.8 Å². The molecule has 0 aliphatic rings. The Morgan fingerprint density at radius 1 is 1.33 bits per heavy atom. The third kappa shape index (κ3) is 2.62. The molecular formula is C9H13NO2. The standard InChI is InChI=1S/C7H7NO2.C2H6/c8-6-4-2-1-3-5(6)7(9)10;1-2/h1-4H,8H2,(H,9,10);1-2H3. The van der Waals surface area contributed by atoms with Crippen molar-refractivity contribution in [1.29, 1.82) is 0 Å². The number of para-hydroxylation sites is 1. The molecule has 3 N–H and O–H groups in total. The van der Waals surface area contributed by atoms with Crippen LogP contribution in [0.4, 0.5) is 5.69 Å². The summed E-state index contributed by atoms with van der Waals surface area (Å²) in [6.07, 6.45) is 0. The maximum atomic E-state index is 10.3. The van der Waals surface area contributed by atoms with Gasteiger partial charge in [0.15, 0.2) is 0 Å². The lowest BCUT2D eigenvalue weighted by Crippen LogP contribution is -2.00. The number of carboxylic acids is 1. The first-order chi connectivity index (χ1) is 5.72. The smallest absolute Gasteiger partial charge is 0.337 e. The SMILES string of the molecule is CC.Nc1ccccc1C(=O)O. The lowest BCUT2D eigenvalue weighted by molar-refractivity contribution is 0.0698. The van der Waals surface area contributed by atoms with Crippen LogP contribution in [0.25, 0.3) is 0 Å². The number of carboxylic acid groups (broad SMARTS) is 1. The molecule has 0 bridgehead atoms. The van der Waals surface area contributed by atoms with Crippen LogP contribution < -0.4 is 5.73 Å². The van der Waals surface area contributed by atoms with E-state index in [0.29, 0.717) is 5.69 Å². The van der Waals surface area contributed by atoms with Gasteiger partial charge < -0.3 is 10.8 Å². The van der Waals surface area contributed by atoms with E-state index in [1.54, 1.807) is 18.2 Å². The average molecular weight is 167 g/mol. The minimum absolute atomic E-state index is 0.155. The molecule has 1 aromatic rings. The van der Waals surface area contributed by atoms with Crippen LogP contribution in [0.2, 0.25) is 0 Å². The van der Waals surface area contributed by atoms with Gasteiger partial charge in [0.05, 0.1) is 5.56 Å². The lowest BCUT2D eigenvalue weighted by Gasteiger charge is -1.96. The summed E-state index contributed by atoms with van der Waals surface area (Å²) in [5.74, 6) is -0.988. The van der Waals surface area contributed by atoms with E-state index in [9.17, 15) is 4.79 Å². The topological polar surface area (TPSA) is 63.3 Å². The van der Waals surface area contributed by atoms with E-state index in [2.05, 4.69) is 0 Å². The molecular weight excluding hydrogens is 154 g/mol. The van der Waals surface area contributed by atoms with Crippen molar-refractivity contribution >= 4 is 11.7 Å². The molecule has 66 valence electrons. The molecule has 0 atom stereocenters. The number of hydrogen-bond acceptors (Lipinski definition) is 2. The second-order valence-electron chi connectivity index (χ2n) is 1.89. The van der Waals surface area contributed by atoms with E-state index in [0.717, 1.165) is 0 Å². The van der Waals surface area contributed by atoms with Gasteiger partial charge in [-0.25, -0.2) is 4.79 Å². The van der Waals surface area contributed by atoms with E-state index < -0.39 is 5.97 Å². The molecule has 0 saturated heterocycles. The Morgan fingerprint density at radius 2 is 1.83 bits per heavy atom. The summed E-state index contributed by atoms with van der Waals surface area (Å²) in [4.78, 5) is 10.3. The molecule has 0 amide bonds. The summed E-state index contributed by atoms with van der Waals surface area (Å²) >= 11 is 0. The molecule has 0 heterocycles. The first-order valence-electron chi connectivity index (χ1n) is 3.79. The molecule has 0 aromatic heterocycles. The molecule has 0 saturated carbocycles. The Kier molecular flexibility index (Phi) is 4.53. The summed E-state index contributed by atoms with van der Waals surface area (Å²) < 4.78 is 0. The summed E-state index contributed by atoms with van der Waals surface area (Å²) in [6.45, 7) is 4.00.